The number of benzene rings is 5. The van der Waals surface area contributed by atoms with Crippen molar-refractivity contribution in [3.63, 3.8) is 0 Å². The monoisotopic (exact) mass is 517 g/mol. The van der Waals surface area contributed by atoms with Gasteiger partial charge in [0.05, 0.1) is 0 Å². The van der Waals surface area contributed by atoms with Crippen molar-refractivity contribution in [3.05, 3.63) is 169 Å². The van der Waals surface area contributed by atoms with Gasteiger partial charge in [-0.2, -0.15) is 0 Å². The number of rotatable bonds is 6. The van der Waals surface area contributed by atoms with E-state index in [1.807, 2.05) is 13.8 Å². The molecule has 1 nitrogen and oxygen atoms in total. The fraction of sp³-hybridized carbons (Fsp3) is 0.0769. The Morgan fingerprint density at radius 1 is 0.425 bits per heavy atom. The second-order valence-corrected chi connectivity index (χ2v) is 9.39. The van der Waals surface area contributed by atoms with Crippen LogP contribution in [0.5, 0.6) is 0 Å². The quantitative estimate of drug-likeness (QED) is 0.216. The third-order valence-corrected chi connectivity index (χ3v) is 6.92. The molecule has 6 rings (SSSR count). The lowest BCUT2D eigenvalue weighted by Crippen LogP contribution is -2.09. The summed E-state index contributed by atoms with van der Waals surface area (Å²) >= 11 is 0. The van der Waals surface area contributed by atoms with Gasteiger partial charge in [0.15, 0.2) is 0 Å². The van der Waals surface area contributed by atoms with Crippen LogP contribution in [0.15, 0.2) is 164 Å². The summed E-state index contributed by atoms with van der Waals surface area (Å²) in [4.78, 5) is 2.33. The molecule has 0 aromatic heterocycles. The molecule has 5 aromatic rings. The highest BCUT2D eigenvalue weighted by Crippen LogP contribution is 2.37. The number of hydrogen-bond acceptors (Lipinski definition) is 1. The van der Waals surface area contributed by atoms with Crippen LogP contribution in [0, 0.1) is 0 Å². The van der Waals surface area contributed by atoms with Gasteiger partial charge in [0.1, 0.15) is 0 Å². The summed E-state index contributed by atoms with van der Waals surface area (Å²) in [6.45, 7) is 4.00. The van der Waals surface area contributed by atoms with Gasteiger partial charge in [-0.3, -0.25) is 0 Å². The van der Waals surface area contributed by atoms with Gasteiger partial charge >= 0.3 is 0 Å². The average molecular weight is 518 g/mol. The molecule has 1 heteroatoms. The smallest absolute Gasteiger partial charge is 0.0462 e. The van der Waals surface area contributed by atoms with Crippen LogP contribution in [-0.2, 0) is 0 Å². The Labute approximate surface area is 239 Å². The zero-order chi connectivity index (χ0) is 27.6. The molecule has 1 aliphatic carbocycles. The molecule has 0 fully saturated rings. The van der Waals surface area contributed by atoms with Crippen LogP contribution in [0.2, 0.25) is 0 Å². The standard InChI is InChI=1S/C37H29N.C2H6/c1-2-6-12-29(11-5-1)32-17-23-35(24-18-32)38(36-25-19-33(20-26-36)30-13-7-3-8-14-30)37-27-21-34(22-28-37)31-15-9-4-10-16-31;1-2/h1-5,7-28H,6H2;1-2H3. The molecule has 0 heterocycles. The lowest BCUT2D eigenvalue weighted by molar-refractivity contribution is 1.28. The predicted molar refractivity (Wildman–Crippen MR) is 174 cm³/mol. The fourth-order valence-electron chi connectivity index (χ4n) is 4.91. The molecule has 0 radical (unpaired) electrons. The van der Waals surface area contributed by atoms with Gasteiger partial charge in [0.2, 0.25) is 0 Å². The van der Waals surface area contributed by atoms with Crippen LogP contribution in [0.4, 0.5) is 17.1 Å². The SMILES string of the molecule is C1=CCC=C(c2ccc(N(c3ccc(-c4ccccc4)cc3)c3ccc(-c4ccccc4)cc3)cc2)C=C1.CC. The summed E-state index contributed by atoms with van der Waals surface area (Å²) < 4.78 is 0. The molecule has 0 bridgehead atoms. The minimum Gasteiger partial charge on any atom is -0.311 e. The summed E-state index contributed by atoms with van der Waals surface area (Å²) in [6, 6.07) is 47.6. The minimum atomic E-state index is 0.956. The molecule has 5 aromatic carbocycles. The van der Waals surface area contributed by atoms with E-state index in [9.17, 15) is 0 Å². The summed E-state index contributed by atoms with van der Waals surface area (Å²) in [5, 5.41) is 0. The van der Waals surface area contributed by atoms with E-state index < -0.39 is 0 Å². The molecular weight excluding hydrogens is 482 g/mol. The maximum Gasteiger partial charge on any atom is 0.0462 e. The zero-order valence-corrected chi connectivity index (χ0v) is 23.2. The third-order valence-electron chi connectivity index (χ3n) is 6.92. The van der Waals surface area contributed by atoms with Crippen molar-refractivity contribution in [2.75, 3.05) is 4.90 Å². The van der Waals surface area contributed by atoms with Crippen LogP contribution in [0.1, 0.15) is 25.8 Å². The second kappa shape index (κ2) is 13.3. The molecule has 0 aliphatic heterocycles. The van der Waals surface area contributed by atoms with Crippen molar-refractivity contribution in [1.29, 1.82) is 0 Å². The van der Waals surface area contributed by atoms with Crippen molar-refractivity contribution in [2.24, 2.45) is 0 Å². The molecule has 0 saturated heterocycles. The highest BCUT2D eigenvalue weighted by atomic mass is 15.1. The summed E-state index contributed by atoms with van der Waals surface area (Å²) in [7, 11) is 0. The Kier molecular flexibility index (Phi) is 8.86. The van der Waals surface area contributed by atoms with E-state index in [1.165, 1.54) is 33.4 Å². The second-order valence-electron chi connectivity index (χ2n) is 9.39. The Morgan fingerprint density at radius 2 is 0.825 bits per heavy atom. The Bertz CT molecular complexity index is 1490. The summed E-state index contributed by atoms with van der Waals surface area (Å²) in [6.07, 6.45) is 11.8. The van der Waals surface area contributed by atoms with Crippen LogP contribution < -0.4 is 4.90 Å². The minimum absolute atomic E-state index is 0.956. The van der Waals surface area contributed by atoms with E-state index in [0.29, 0.717) is 0 Å². The molecule has 0 spiro atoms. The van der Waals surface area contributed by atoms with E-state index in [4.69, 9.17) is 0 Å². The van der Waals surface area contributed by atoms with Gasteiger partial charge in [-0.25, -0.2) is 0 Å². The summed E-state index contributed by atoms with van der Waals surface area (Å²) in [5.41, 5.74) is 10.7. The normalized spacial score (nSPS) is 12.1. The van der Waals surface area contributed by atoms with E-state index in [1.54, 1.807) is 0 Å². The largest absolute Gasteiger partial charge is 0.311 e. The Morgan fingerprint density at radius 3 is 1.27 bits per heavy atom. The first-order valence-electron chi connectivity index (χ1n) is 14.1. The number of hydrogen-bond donors (Lipinski definition) is 0. The van der Waals surface area contributed by atoms with Crippen LogP contribution in [-0.4, -0.2) is 0 Å². The molecule has 0 saturated carbocycles. The number of anilines is 3. The first kappa shape index (κ1) is 26.7. The Balaban J connectivity index is 0.00000158. The molecule has 40 heavy (non-hydrogen) atoms. The van der Waals surface area contributed by atoms with Gasteiger partial charge in [-0.1, -0.05) is 141 Å². The molecule has 0 N–H and O–H groups in total. The Hall–Kier alpha value is -4.88. The topological polar surface area (TPSA) is 3.24 Å². The third kappa shape index (κ3) is 6.22. The van der Waals surface area contributed by atoms with Crippen LogP contribution >= 0.6 is 0 Å². The van der Waals surface area contributed by atoms with E-state index in [-0.39, 0.29) is 0 Å². The predicted octanol–water partition coefficient (Wildman–Crippen LogP) is 11.4. The average Bonchev–Trinajstić information content (AvgIpc) is 3.34. The van der Waals surface area contributed by atoms with Crippen LogP contribution in [0.25, 0.3) is 27.8 Å². The fourth-order valence-corrected chi connectivity index (χ4v) is 4.91. The highest BCUT2D eigenvalue weighted by molar-refractivity contribution is 5.82. The van der Waals surface area contributed by atoms with Crippen molar-refractivity contribution in [1.82, 2.24) is 0 Å². The molecule has 0 amide bonds. The van der Waals surface area contributed by atoms with Gasteiger partial charge in [-0.05, 0) is 76.2 Å². The molecular formula is C39H35N. The molecule has 0 unspecified atom stereocenters. The van der Waals surface area contributed by atoms with Gasteiger partial charge < -0.3 is 4.90 Å². The number of allylic oxidation sites excluding steroid dienone is 6. The van der Waals surface area contributed by atoms with Gasteiger partial charge in [-0.15, -0.1) is 0 Å². The maximum absolute atomic E-state index is 2.33. The first-order chi connectivity index (χ1) is 19.8. The summed E-state index contributed by atoms with van der Waals surface area (Å²) in [5.74, 6) is 0. The van der Waals surface area contributed by atoms with E-state index in [0.717, 1.165) is 23.5 Å². The zero-order valence-electron chi connectivity index (χ0n) is 23.2. The van der Waals surface area contributed by atoms with E-state index >= 15 is 0 Å². The maximum atomic E-state index is 2.33. The van der Waals surface area contributed by atoms with Crippen molar-refractivity contribution in [3.8, 4) is 22.3 Å². The lowest BCUT2D eigenvalue weighted by atomic mass is 10.0. The van der Waals surface area contributed by atoms with E-state index in [2.05, 4.69) is 169 Å². The highest BCUT2D eigenvalue weighted by Gasteiger charge is 2.14. The molecule has 196 valence electrons. The van der Waals surface area contributed by atoms with Crippen molar-refractivity contribution >= 4 is 22.6 Å². The molecule has 1 aliphatic rings. The lowest BCUT2D eigenvalue weighted by Gasteiger charge is -2.26. The van der Waals surface area contributed by atoms with Gasteiger partial charge in [0.25, 0.3) is 0 Å². The van der Waals surface area contributed by atoms with Crippen molar-refractivity contribution < 1.29 is 0 Å². The molecule has 0 atom stereocenters. The number of nitrogens with zero attached hydrogens (tertiary/aromatic N) is 1. The van der Waals surface area contributed by atoms with Crippen molar-refractivity contribution in [2.45, 2.75) is 20.3 Å². The van der Waals surface area contributed by atoms with Crippen LogP contribution in [0.3, 0.4) is 0 Å². The van der Waals surface area contributed by atoms with Gasteiger partial charge in [0, 0.05) is 17.1 Å². The first-order valence-corrected chi connectivity index (χ1v) is 14.1.